The van der Waals surface area contributed by atoms with E-state index < -0.39 is 6.04 Å². The summed E-state index contributed by atoms with van der Waals surface area (Å²) in [6.45, 7) is 1.86. The first-order valence-corrected chi connectivity index (χ1v) is 6.48. The Kier molecular flexibility index (Phi) is 4.22. The molecule has 2 heterocycles. The average Bonchev–Trinajstić information content (AvgIpc) is 2.87. The number of methoxy groups -OCH3 is 2. The van der Waals surface area contributed by atoms with E-state index in [0.29, 0.717) is 18.7 Å². The van der Waals surface area contributed by atoms with E-state index in [0.717, 1.165) is 5.56 Å². The monoisotopic (exact) mass is 278 g/mol. The summed E-state index contributed by atoms with van der Waals surface area (Å²) < 4.78 is 9.99. The maximum Gasteiger partial charge on any atom is 0.328 e. The molecule has 1 aliphatic rings. The highest BCUT2D eigenvalue weighted by Crippen LogP contribution is 2.33. The van der Waals surface area contributed by atoms with Crippen LogP contribution in [0.3, 0.4) is 0 Å². The summed E-state index contributed by atoms with van der Waals surface area (Å²) in [5.74, 6) is 0.0210. The van der Waals surface area contributed by atoms with Crippen LogP contribution in [-0.4, -0.2) is 42.0 Å². The number of pyridine rings is 1. The van der Waals surface area contributed by atoms with Crippen LogP contribution < -0.4 is 4.74 Å². The fraction of sp³-hybridized carbons (Fsp3) is 0.500. The van der Waals surface area contributed by atoms with Crippen molar-refractivity contribution in [2.75, 3.05) is 14.2 Å². The second-order valence-corrected chi connectivity index (χ2v) is 4.66. The molecule has 1 aliphatic heterocycles. The molecule has 0 bridgehead atoms. The lowest BCUT2D eigenvalue weighted by Gasteiger charge is -2.30. The Balaban J connectivity index is 2.32. The molecule has 2 atom stereocenters. The zero-order chi connectivity index (χ0) is 14.7. The number of esters is 1. The van der Waals surface area contributed by atoms with Crippen molar-refractivity contribution in [3.05, 3.63) is 23.9 Å². The van der Waals surface area contributed by atoms with Gasteiger partial charge in [0, 0.05) is 18.2 Å². The third kappa shape index (κ3) is 2.45. The predicted octanol–water partition coefficient (Wildman–Crippen LogP) is 1.32. The number of aromatic nitrogens is 1. The summed E-state index contributed by atoms with van der Waals surface area (Å²) in [6, 6.07) is 2.79. The van der Waals surface area contributed by atoms with Gasteiger partial charge in [-0.25, -0.2) is 9.78 Å². The molecule has 20 heavy (non-hydrogen) atoms. The van der Waals surface area contributed by atoms with Crippen molar-refractivity contribution < 1.29 is 19.1 Å². The van der Waals surface area contributed by atoms with Crippen LogP contribution in [0.4, 0.5) is 0 Å². The second-order valence-electron chi connectivity index (χ2n) is 4.66. The van der Waals surface area contributed by atoms with Gasteiger partial charge >= 0.3 is 5.97 Å². The largest absolute Gasteiger partial charge is 0.481 e. The zero-order valence-electron chi connectivity index (χ0n) is 11.8. The average molecular weight is 278 g/mol. The molecule has 6 nitrogen and oxygen atoms in total. The maximum absolute atomic E-state index is 12.1. The van der Waals surface area contributed by atoms with Crippen LogP contribution in [0.2, 0.25) is 0 Å². The molecule has 1 aromatic heterocycles. The van der Waals surface area contributed by atoms with Crippen molar-refractivity contribution >= 4 is 11.9 Å². The lowest BCUT2D eigenvalue weighted by molar-refractivity contribution is -0.150. The number of carbonyl (C=O) groups is 2. The third-order valence-electron chi connectivity index (χ3n) is 3.59. The van der Waals surface area contributed by atoms with Crippen LogP contribution in [0, 0.1) is 0 Å². The van der Waals surface area contributed by atoms with Gasteiger partial charge in [0.1, 0.15) is 6.04 Å². The van der Waals surface area contributed by atoms with Gasteiger partial charge in [0.2, 0.25) is 11.8 Å². The molecule has 108 valence electrons. The Labute approximate surface area is 117 Å². The van der Waals surface area contributed by atoms with Gasteiger partial charge < -0.3 is 14.4 Å². The number of rotatable bonds is 4. The SMILES string of the molecule is COC(=O)C1CCC(=O)N1C(C)c1cccnc1OC. The lowest BCUT2D eigenvalue weighted by Crippen LogP contribution is -2.41. The first-order valence-electron chi connectivity index (χ1n) is 6.48. The Hall–Kier alpha value is -2.11. The van der Waals surface area contributed by atoms with E-state index in [2.05, 4.69) is 4.98 Å². The van der Waals surface area contributed by atoms with Crippen molar-refractivity contribution in [3.8, 4) is 5.88 Å². The summed E-state index contributed by atoms with van der Waals surface area (Å²) >= 11 is 0. The van der Waals surface area contributed by atoms with Gasteiger partial charge in [-0.2, -0.15) is 0 Å². The minimum absolute atomic E-state index is 0.0567. The second kappa shape index (κ2) is 5.90. The Morgan fingerprint density at radius 3 is 2.90 bits per heavy atom. The minimum atomic E-state index is -0.535. The number of nitrogens with zero attached hydrogens (tertiary/aromatic N) is 2. The van der Waals surface area contributed by atoms with Gasteiger partial charge in [0.25, 0.3) is 0 Å². The van der Waals surface area contributed by atoms with Crippen molar-refractivity contribution in [1.82, 2.24) is 9.88 Å². The molecular formula is C14H18N2O4. The van der Waals surface area contributed by atoms with Crippen LogP contribution in [-0.2, 0) is 14.3 Å². The quantitative estimate of drug-likeness (QED) is 0.777. The standard InChI is InChI=1S/C14H18N2O4/c1-9(10-5-4-8-15-13(10)19-2)16-11(14(18)20-3)6-7-12(16)17/h4-5,8-9,11H,6-7H2,1-3H3. The van der Waals surface area contributed by atoms with Gasteiger partial charge in [-0.3, -0.25) is 4.79 Å². The van der Waals surface area contributed by atoms with Crippen molar-refractivity contribution in [2.24, 2.45) is 0 Å². The van der Waals surface area contributed by atoms with Crippen LogP contribution in [0.25, 0.3) is 0 Å². The molecule has 0 aliphatic carbocycles. The summed E-state index contributed by atoms with van der Waals surface area (Å²) in [5, 5.41) is 0. The van der Waals surface area contributed by atoms with E-state index >= 15 is 0 Å². The number of carbonyl (C=O) groups excluding carboxylic acids is 2. The molecule has 2 unspecified atom stereocenters. The first-order chi connectivity index (χ1) is 9.60. The summed E-state index contributed by atoms with van der Waals surface area (Å²) in [5.41, 5.74) is 0.777. The highest BCUT2D eigenvalue weighted by atomic mass is 16.5. The van der Waals surface area contributed by atoms with Crippen molar-refractivity contribution in [3.63, 3.8) is 0 Å². The van der Waals surface area contributed by atoms with E-state index in [9.17, 15) is 9.59 Å². The molecule has 2 rings (SSSR count). The topological polar surface area (TPSA) is 68.7 Å². The lowest BCUT2D eigenvalue weighted by atomic mass is 10.1. The highest BCUT2D eigenvalue weighted by Gasteiger charge is 2.40. The molecule has 1 saturated heterocycles. The fourth-order valence-corrected chi connectivity index (χ4v) is 2.60. The first kappa shape index (κ1) is 14.3. The van der Waals surface area contributed by atoms with Crippen LogP contribution >= 0.6 is 0 Å². The fourth-order valence-electron chi connectivity index (χ4n) is 2.60. The zero-order valence-corrected chi connectivity index (χ0v) is 11.8. The third-order valence-corrected chi connectivity index (χ3v) is 3.59. The van der Waals surface area contributed by atoms with E-state index in [4.69, 9.17) is 9.47 Å². The molecule has 1 aromatic rings. The molecule has 0 aromatic carbocycles. The van der Waals surface area contributed by atoms with E-state index in [1.807, 2.05) is 13.0 Å². The van der Waals surface area contributed by atoms with Crippen molar-refractivity contribution in [1.29, 1.82) is 0 Å². The predicted molar refractivity (Wildman–Crippen MR) is 71.1 cm³/mol. The molecular weight excluding hydrogens is 260 g/mol. The number of hydrogen-bond donors (Lipinski definition) is 0. The number of likely N-dealkylation sites (tertiary alicyclic amines) is 1. The van der Waals surface area contributed by atoms with Gasteiger partial charge in [0.15, 0.2) is 0 Å². The van der Waals surface area contributed by atoms with E-state index in [-0.39, 0.29) is 17.9 Å². The van der Waals surface area contributed by atoms with Gasteiger partial charge in [-0.05, 0) is 19.4 Å². The maximum atomic E-state index is 12.1. The highest BCUT2D eigenvalue weighted by molar-refractivity contribution is 5.88. The minimum Gasteiger partial charge on any atom is -0.481 e. The number of hydrogen-bond acceptors (Lipinski definition) is 5. The molecule has 0 spiro atoms. The number of ether oxygens (including phenoxy) is 2. The molecule has 6 heteroatoms. The summed E-state index contributed by atoms with van der Waals surface area (Å²) in [4.78, 5) is 29.6. The smallest absolute Gasteiger partial charge is 0.328 e. The van der Waals surface area contributed by atoms with E-state index in [1.54, 1.807) is 17.2 Å². The van der Waals surface area contributed by atoms with E-state index in [1.165, 1.54) is 14.2 Å². The Bertz CT molecular complexity index is 518. The van der Waals surface area contributed by atoms with Crippen molar-refractivity contribution in [2.45, 2.75) is 31.8 Å². The van der Waals surface area contributed by atoms with Gasteiger partial charge in [-0.15, -0.1) is 0 Å². The normalized spacial score (nSPS) is 19.9. The van der Waals surface area contributed by atoms with Crippen LogP contribution in [0.1, 0.15) is 31.4 Å². The summed E-state index contributed by atoms with van der Waals surface area (Å²) in [6.07, 6.45) is 2.46. The molecule has 1 fully saturated rings. The van der Waals surface area contributed by atoms with Gasteiger partial charge in [0.05, 0.1) is 20.3 Å². The van der Waals surface area contributed by atoms with Crippen LogP contribution in [0.5, 0.6) is 5.88 Å². The van der Waals surface area contributed by atoms with Crippen LogP contribution in [0.15, 0.2) is 18.3 Å². The summed E-state index contributed by atoms with van der Waals surface area (Å²) in [7, 11) is 2.86. The molecule has 0 radical (unpaired) electrons. The molecule has 0 saturated carbocycles. The Morgan fingerprint density at radius 2 is 2.25 bits per heavy atom. The Morgan fingerprint density at radius 1 is 1.50 bits per heavy atom. The molecule has 0 N–H and O–H groups in total. The van der Waals surface area contributed by atoms with Gasteiger partial charge in [-0.1, -0.05) is 6.07 Å². The molecule has 1 amide bonds. The number of amides is 1.